The molecule has 0 aliphatic heterocycles. The van der Waals surface area contributed by atoms with Crippen LogP contribution in [0.25, 0.3) is 11.1 Å². The summed E-state index contributed by atoms with van der Waals surface area (Å²) in [5.41, 5.74) is 4.74. The number of benzene rings is 3. The molecule has 1 nitrogen and oxygen atoms in total. The lowest BCUT2D eigenvalue weighted by atomic mass is 10.0. The van der Waals surface area contributed by atoms with Crippen LogP contribution in [-0.2, 0) is 6.61 Å². The minimum absolute atomic E-state index is 0.597. The van der Waals surface area contributed by atoms with Gasteiger partial charge in [-0.05, 0) is 35.2 Å². The van der Waals surface area contributed by atoms with E-state index in [4.69, 9.17) is 4.74 Å². The molecule has 3 rings (SSSR count). The van der Waals surface area contributed by atoms with Gasteiger partial charge in [0, 0.05) is 0 Å². The van der Waals surface area contributed by atoms with Crippen LogP contribution in [0.3, 0.4) is 0 Å². The Labute approximate surface area is 125 Å². The van der Waals surface area contributed by atoms with Crippen LogP contribution in [0.1, 0.15) is 11.1 Å². The molecule has 0 N–H and O–H groups in total. The zero-order valence-electron chi connectivity index (χ0n) is 12.1. The van der Waals surface area contributed by atoms with E-state index >= 15 is 0 Å². The molecule has 0 amide bonds. The third-order valence-corrected chi connectivity index (χ3v) is 3.53. The van der Waals surface area contributed by atoms with E-state index in [-0.39, 0.29) is 0 Å². The molecule has 0 aliphatic carbocycles. The lowest BCUT2D eigenvalue weighted by molar-refractivity contribution is 0.304. The van der Waals surface area contributed by atoms with E-state index < -0.39 is 0 Å². The van der Waals surface area contributed by atoms with Gasteiger partial charge in [0.05, 0.1) is 0 Å². The molecular weight excluding hydrogens is 256 g/mol. The normalized spacial score (nSPS) is 10.3. The Balaban J connectivity index is 1.82. The summed E-state index contributed by atoms with van der Waals surface area (Å²) in [7, 11) is 0. The Morgan fingerprint density at radius 3 is 2.10 bits per heavy atom. The van der Waals surface area contributed by atoms with Gasteiger partial charge in [-0.1, -0.05) is 72.8 Å². The maximum absolute atomic E-state index is 5.98. The first-order valence-corrected chi connectivity index (χ1v) is 7.16. The highest BCUT2D eigenvalue weighted by atomic mass is 16.5. The minimum Gasteiger partial charge on any atom is -0.489 e. The Morgan fingerprint density at radius 2 is 1.38 bits per heavy atom. The van der Waals surface area contributed by atoms with Crippen molar-refractivity contribution in [3.05, 3.63) is 90.0 Å². The van der Waals surface area contributed by atoms with Crippen LogP contribution < -0.4 is 4.74 Å². The Bertz CT molecular complexity index is 702. The predicted molar refractivity (Wildman–Crippen MR) is 87.4 cm³/mol. The third kappa shape index (κ3) is 3.32. The van der Waals surface area contributed by atoms with Crippen LogP contribution in [0.15, 0.2) is 78.9 Å². The molecule has 0 bridgehead atoms. The van der Waals surface area contributed by atoms with Crippen LogP contribution >= 0.6 is 0 Å². The number of aryl methyl sites for hydroxylation is 1. The van der Waals surface area contributed by atoms with Gasteiger partial charge in [0.25, 0.3) is 0 Å². The van der Waals surface area contributed by atoms with Gasteiger partial charge in [0.1, 0.15) is 12.4 Å². The van der Waals surface area contributed by atoms with E-state index in [1.165, 1.54) is 16.7 Å². The van der Waals surface area contributed by atoms with Crippen molar-refractivity contribution in [1.82, 2.24) is 0 Å². The van der Waals surface area contributed by atoms with Crippen molar-refractivity contribution in [2.45, 2.75) is 13.5 Å². The summed E-state index contributed by atoms with van der Waals surface area (Å²) in [5.74, 6) is 0.945. The predicted octanol–water partition coefficient (Wildman–Crippen LogP) is 5.24. The molecule has 3 aromatic carbocycles. The van der Waals surface area contributed by atoms with Crippen molar-refractivity contribution >= 4 is 0 Å². The largest absolute Gasteiger partial charge is 0.489 e. The molecule has 1 heteroatoms. The van der Waals surface area contributed by atoms with Crippen molar-refractivity contribution in [3.63, 3.8) is 0 Å². The fourth-order valence-electron chi connectivity index (χ4n) is 2.30. The standard InChI is InChI=1S/C20H18O/c1-16-12-13-19(18-10-6-3-7-11-18)14-20(16)21-15-17-8-4-2-5-9-17/h2-14H,15H2,1H3. The van der Waals surface area contributed by atoms with Crippen molar-refractivity contribution in [3.8, 4) is 16.9 Å². The zero-order valence-corrected chi connectivity index (χ0v) is 12.1. The molecule has 0 fully saturated rings. The lowest BCUT2D eigenvalue weighted by Gasteiger charge is -2.11. The number of hydrogen-bond donors (Lipinski definition) is 0. The summed E-state index contributed by atoms with van der Waals surface area (Å²) in [6.45, 7) is 2.68. The molecular formula is C20H18O. The quantitative estimate of drug-likeness (QED) is 0.632. The molecule has 0 radical (unpaired) electrons. The van der Waals surface area contributed by atoms with Gasteiger partial charge < -0.3 is 4.74 Å². The fraction of sp³-hybridized carbons (Fsp3) is 0.100. The van der Waals surface area contributed by atoms with Gasteiger partial charge in [-0.15, -0.1) is 0 Å². The first-order chi connectivity index (χ1) is 10.3. The van der Waals surface area contributed by atoms with E-state index in [1.54, 1.807) is 0 Å². The summed E-state index contributed by atoms with van der Waals surface area (Å²) < 4.78 is 5.98. The van der Waals surface area contributed by atoms with Crippen LogP contribution in [0.2, 0.25) is 0 Å². The summed E-state index contributed by atoms with van der Waals surface area (Å²) >= 11 is 0. The van der Waals surface area contributed by atoms with Crippen LogP contribution in [0.5, 0.6) is 5.75 Å². The van der Waals surface area contributed by atoms with Gasteiger partial charge >= 0.3 is 0 Å². The molecule has 0 saturated heterocycles. The monoisotopic (exact) mass is 274 g/mol. The maximum Gasteiger partial charge on any atom is 0.123 e. The topological polar surface area (TPSA) is 9.23 Å². The lowest BCUT2D eigenvalue weighted by Crippen LogP contribution is -1.97. The molecule has 0 heterocycles. The van der Waals surface area contributed by atoms with Gasteiger partial charge in [-0.3, -0.25) is 0 Å². The van der Waals surface area contributed by atoms with Gasteiger partial charge in [0.15, 0.2) is 0 Å². The van der Waals surface area contributed by atoms with E-state index in [9.17, 15) is 0 Å². The molecule has 104 valence electrons. The molecule has 0 atom stereocenters. The van der Waals surface area contributed by atoms with Gasteiger partial charge in [-0.2, -0.15) is 0 Å². The molecule has 3 aromatic rings. The Kier molecular flexibility index (Phi) is 4.02. The van der Waals surface area contributed by atoms with E-state index in [0.717, 1.165) is 11.3 Å². The summed E-state index contributed by atoms with van der Waals surface area (Å²) in [4.78, 5) is 0. The summed E-state index contributed by atoms with van der Waals surface area (Å²) in [6.07, 6.45) is 0. The van der Waals surface area contributed by atoms with Crippen molar-refractivity contribution in [2.24, 2.45) is 0 Å². The molecule has 0 unspecified atom stereocenters. The second-order valence-electron chi connectivity index (χ2n) is 5.12. The Hall–Kier alpha value is -2.54. The summed E-state index contributed by atoms with van der Waals surface area (Å²) in [6, 6.07) is 27.0. The zero-order chi connectivity index (χ0) is 14.5. The van der Waals surface area contributed by atoms with Crippen molar-refractivity contribution in [1.29, 1.82) is 0 Å². The molecule has 0 aliphatic rings. The third-order valence-electron chi connectivity index (χ3n) is 3.53. The highest BCUT2D eigenvalue weighted by molar-refractivity contribution is 5.65. The van der Waals surface area contributed by atoms with Crippen LogP contribution in [0, 0.1) is 6.92 Å². The average molecular weight is 274 g/mol. The second-order valence-corrected chi connectivity index (χ2v) is 5.12. The van der Waals surface area contributed by atoms with Gasteiger partial charge in [-0.25, -0.2) is 0 Å². The van der Waals surface area contributed by atoms with E-state index in [0.29, 0.717) is 6.61 Å². The maximum atomic E-state index is 5.98. The molecule has 0 saturated carbocycles. The molecule has 21 heavy (non-hydrogen) atoms. The number of hydrogen-bond acceptors (Lipinski definition) is 1. The van der Waals surface area contributed by atoms with Crippen molar-refractivity contribution < 1.29 is 4.74 Å². The highest BCUT2D eigenvalue weighted by Gasteiger charge is 2.04. The van der Waals surface area contributed by atoms with Gasteiger partial charge in [0.2, 0.25) is 0 Å². The number of rotatable bonds is 4. The van der Waals surface area contributed by atoms with E-state index in [1.807, 2.05) is 24.3 Å². The highest BCUT2D eigenvalue weighted by Crippen LogP contribution is 2.27. The van der Waals surface area contributed by atoms with Crippen molar-refractivity contribution in [2.75, 3.05) is 0 Å². The fourth-order valence-corrected chi connectivity index (χ4v) is 2.30. The Morgan fingerprint density at radius 1 is 0.714 bits per heavy atom. The minimum atomic E-state index is 0.597. The number of ether oxygens (including phenoxy) is 1. The smallest absolute Gasteiger partial charge is 0.123 e. The second kappa shape index (κ2) is 6.27. The first-order valence-electron chi connectivity index (χ1n) is 7.16. The molecule has 0 spiro atoms. The van der Waals surface area contributed by atoms with Crippen LogP contribution in [-0.4, -0.2) is 0 Å². The average Bonchev–Trinajstić information content (AvgIpc) is 2.56. The molecule has 0 aromatic heterocycles. The first kappa shape index (κ1) is 13.4. The van der Waals surface area contributed by atoms with Crippen LogP contribution in [0.4, 0.5) is 0 Å². The summed E-state index contributed by atoms with van der Waals surface area (Å²) in [5, 5.41) is 0. The van der Waals surface area contributed by atoms with E-state index in [2.05, 4.69) is 61.5 Å². The SMILES string of the molecule is Cc1ccc(-c2ccccc2)cc1OCc1ccccc1.